The number of carboxylic acids is 1. The zero-order valence-electron chi connectivity index (χ0n) is 7.34. The monoisotopic (exact) mass is 217 g/mol. The molecule has 1 aromatic carbocycles. The van der Waals surface area contributed by atoms with E-state index < -0.39 is 5.97 Å². The number of aromatic carboxylic acids is 1. The van der Waals surface area contributed by atoms with Gasteiger partial charge in [-0.2, -0.15) is 0 Å². The van der Waals surface area contributed by atoms with Crippen molar-refractivity contribution in [2.45, 2.75) is 0 Å². The Kier molecular flexibility index (Phi) is 3.62. The number of carbonyl (C=O) groups is 1. The average Bonchev–Trinajstić information content (AvgIpc) is 2.48. The van der Waals surface area contributed by atoms with Crippen LogP contribution in [0.3, 0.4) is 0 Å². The van der Waals surface area contributed by atoms with Crippen LogP contribution in [0.5, 0.6) is 0 Å². The van der Waals surface area contributed by atoms with Crippen LogP contribution in [0.2, 0.25) is 0 Å². The summed E-state index contributed by atoms with van der Waals surface area (Å²) in [6.07, 6.45) is 0. The molecule has 0 fully saturated rings. The summed E-state index contributed by atoms with van der Waals surface area (Å²) >= 11 is 0. The Morgan fingerprint density at radius 1 is 1.50 bits per heavy atom. The van der Waals surface area contributed by atoms with Crippen molar-refractivity contribution in [3.63, 3.8) is 0 Å². The second kappa shape index (κ2) is 4.36. The molecule has 0 aliphatic rings. The van der Waals surface area contributed by atoms with Crippen LogP contribution in [0.4, 0.5) is 0 Å². The van der Waals surface area contributed by atoms with Gasteiger partial charge in [-0.05, 0) is 11.3 Å². The summed E-state index contributed by atoms with van der Waals surface area (Å²) in [5, 5.41) is 26.4. The van der Waals surface area contributed by atoms with E-state index in [1.165, 1.54) is 18.2 Å². The van der Waals surface area contributed by atoms with Gasteiger partial charge in [-0.1, -0.05) is 17.0 Å². The third kappa shape index (κ3) is 1.82. The van der Waals surface area contributed by atoms with Crippen LogP contribution in [0.15, 0.2) is 18.2 Å². The number of hydrogen-bond acceptors (Lipinski definition) is 5. The normalized spacial score (nSPS) is 9.71. The van der Waals surface area contributed by atoms with E-state index >= 15 is 0 Å². The first-order valence-corrected chi connectivity index (χ1v) is 3.45. The Balaban J connectivity index is 0.000000980. The van der Waals surface area contributed by atoms with E-state index in [2.05, 4.69) is 10.3 Å². The standard InChI is InChI=1S/C7H5N3O3.K/c11-7(12)4-2-1-3-5-6(4)8-9-10(5)13;/h1-3,13H,(H,11,12);/q;+1/p-1. The minimum Gasteiger partial charge on any atom is -0.545 e. The number of benzene rings is 1. The number of rotatable bonds is 1. The van der Waals surface area contributed by atoms with Crippen LogP contribution in [0, 0.1) is 0 Å². The SMILES string of the molecule is O=C([O-])c1cccc2c1nnn2O.[K+]. The largest absolute Gasteiger partial charge is 1.00 e. The van der Waals surface area contributed by atoms with E-state index in [9.17, 15) is 9.90 Å². The third-order valence-corrected chi connectivity index (χ3v) is 1.68. The maximum atomic E-state index is 10.6. The zero-order chi connectivity index (χ0) is 9.42. The topological polar surface area (TPSA) is 91.1 Å². The molecule has 0 amide bonds. The Hall–Kier alpha value is -0.474. The van der Waals surface area contributed by atoms with Gasteiger partial charge in [0.25, 0.3) is 0 Å². The van der Waals surface area contributed by atoms with Crippen molar-refractivity contribution in [3.8, 4) is 0 Å². The Morgan fingerprint density at radius 3 is 2.86 bits per heavy atom. The minimum atomic E-state index is -1.34. The Labute approximate surface area is 121 Å². The molecule has 0 bridgehead atoms. The van der Waals surface area contributed by atoms with Gasteiger partial charge in [-0.3, -0.25) is 0 Å². The number of aromatic nitrogens is 3. The molecule has 0 saturated heterocycles. The molecule has 0 spiro atoms. The molecule has 66 valence electrons. The molecule has 1 heterocycles. The van der Waals surface area contributed by atoms with Crippen molar-refractivity contribution >= 4 is 17.0 Å². The summed E-state index contributed by atoms with van der Waals surface area (Å²) < 4.78 is 0. The summed E-state index contributed by atoms with van der Waals surface area (Å²) in [5.74, 6) is -1.34. The molecular weight excluding hydrogens is 213 g/mol. The number of hydrogen-bond donors (Lipinski definition) is 1. The number of carboxylic acid groups (broad SMARTS) is 1. The number of nitrogens with zero attached hydrogens (tertiary/aromatic N) is 3. The second-order valence-electron chi connectivity index (χ2n) is 2.44. The summed E-state index contributed by atoms with van der Waals surface area (Å²) in [4.78, 5) is 11.1. The van der Waals surface area contributed by atoms with Gasteiger partial charge < -0.3 is 15.1 Å². The predicted octanol–water partition coefficient (Wildman–Crippen LogP) is -3.96. The number of fused-ring (bicyclic) bond motifs is 1. The van der Waals surface area contributed by atoms with Crippen LogP contribution < -0.4 is 56.5 Å². The van der Waals surface area contributed by atoms with E-state index in [-0.39, 0.29) is 68.0 Å². The molecule has 14 heavy (non-hydrogen) atoms. The maximum absolute atomic E-state index is 10.6. The molecule has 0 aliphatic heterocycles. The first kappa shape index (κ1) is 11.6. The van der Waals surface area contributed by atoms with Gasteiger partial charge in [-0.15, -0.1) is 5.10 Å². The Bertz CT molecular complexity index is 482. The molecule has 0 radical (unpaired) electrons. The molecule has 0 unspecified atom stereocenters. The molecule has 1 aromatic heterocycles. The summed E-state index contributed by atoms with van der Waals surface area (Å²) in [6, 6.07) is 4.32. The Morgan fingerprint density at radius 2 is 2.21 bits per heavy atom. The maximum Gasteiger partial charge on any atom is 1.00 e. The summed E-state index contributed by atoms with van der Waals surface area (Å²) in [6.45, 7) is 0. The van der Waals surface area contributed by atoms with Crippen molar-refractivity contribution in [2.75, 3.05) is 0 Å². The fraction of sp³-hybridized carbons (Fsp3) is 0. The van der Waals surface area contributed by atoms with Crippen LogP contribution in [0.1, 0.15) is 10.4 Å². The molecule has 2 aromatic rings. The molecule has 6 nitrogen and oxygen atoms in total. The minimum absolute atomic E-state index is 0. The van der Waals surface area contributed by atoms with Crippen LogP contribution in [-0.4, -0.2) is 26.3 Å². The molecule has 0 saturated carbocycles. The molecule has 0 aliphatic carbocycles. The van der Waals surface area contributed by atoms with Gasteiger partial charge in [0.05, 0.1) is 5.97 Å². The van der Waals surface area contributed by atoms with Gasteiger partial charge in [-0.25, -0.2) is 0 Å². The van der Waals surface area contributed by atoms with E-state index in [0.717, 1.165) is 0 Å². The molecule has 1 N–H and O–H groups in total. The third-order valence-electron chi connectivity index (χ3n) is 1.68. The van der Waals surface area contributed by atoms with Gasteiger partial charge in [0.2, 0.25) is 0 Å². The second-order valence-corrected chi connectivity index (χ2v) is 2.44. The zero-order valence-corrected chi connectivity index (χ0v) is 10.5. The van der Waals surface area contributed by atoms with Gasteiger partial charge in [0, 0.05) is 5.56 Å². The molecular formula is C7H4KN3O3. The van der Waals surface area contributed by atoms with Gasteiger partial charge in [0.15, 0.2) is 0 Å². The fourth-order valence-corrected chi connectivity index (χ4v) is 1.10. The van der Waals surface area contributed by atoms with Crippen molar-refractivity contribution in [2.24, 2.45) is 0 Å². The van der Waals surface area contributed by atoms with E-state index in [0.29, 0.717) is 4.85 Å². The van der Waals surface area contributed by atoms with E-state index in [1.807, 2.05) is 0 Å². The number of carbonyl (C=O) groups excluding carboxylic acids is 1. The quantitative estimate of drug-likeness (QED) is 0.389. The fourth-order valence-electron chi connectivity index (χ4n) is 1.10. The van der Waals surface area contributed by atoms with Crippen LogP contribution in [0.25, 0.3) is 11.0 Å². The molecule has 2 rings (SSSR count). The average molecular weight is 217 g/mol. The van der Waals surface area contributed by atoms with Crippen molar-refractivity contribution in [1.82, 2.24) is 15.2 Å². The van der Waals surface area contributed by atoms with E-state index in [1.54, 1.807) is 0 Å². The first-order valence-electron chi connectivity index (χ1n) is 3.45. The molecule has 0 atom stereocenters. The van der Waals surface area contributed by atoms with Crippen LogP contribution in [-0.2, 0) is 0 Å². The summed E-state index contributed by atoms with van der Waals surface area (Å²) in [5.41, 5.74) is 0.268. The summed E-state index contributed by atoms with van der Waals surface area (Å²) in [7, 11) is 0. The predicted molar refractivity (Wildman–Crippen MR) is 39.0 cm³/mol. The first-order chi connectivity index (χ1) is 6.20. The van der Waals surface area contributed by atoms with Crippen molar-refractivity contribution in [3.05, 3.63) is 23.8 Å². The van der Waals surface area contributed by atoms with E-state index in [4.69, 9.17) is 5.21 Å². The van der Waals surface area contributed by atoms with Crippen molar-refractivity contribution < 1.29 is 66.5 Å². The van der Waals surface area contributed by atoms with Gasteiger partial charge >= 0.3 is 51.4 Å². The van der Waals surface area contributed by atoms with Crippen molar-refractivity contribution in [1.29, 1.82) is 0 Å². The van der Waals surface area contributed by atoms with Crippen LogP contribution >= 0.6 is 0 Å². The molecule has 7 heteroatoms. The smallest absolute Gasteiger partial charge is 0.545 e. The van der Waals surface area contributed by atoms with Gasteiger partial charge in [0.1, 0.15) is 11.0 Å².